The Labute approximate surface area is 170 Å². The van der Waals surface area contributed by atoms with Crippen molar-refractivity contribution in [1.82, 2.24) is 0 Å². The van der Waals surface area contributed by atoms with Crippen LogP contribution in [0.1, 0.15) is 21.5 Å². The van der Waals surface area contributed by atoms with E-state index in [1.807, 2.05) is 48.5 Å². The maximum atomic E-state index is 12.5. The molecule has 1 aliphatic heterocycles. The number of carbonyl (C=O) groups excluding carboxylic acids is 1. The van der Waals surface area contributed by atoms with Crippen LogP contribution in [0.4, 0.5) is 0 Å². The van der Waals surface area contributed by atoms with E-state index < -0.39 is 0 Å². The van der Waals surface area contributed by atoms with Crippen molar-refractivity contribution in [3.05, 3.63) is 98.7 Å². The molecule has 0 unspecified atom stereocenters. The largest absolute Gasteiger partial charge is 0.489 e. The predicted molar refractivity (Wildman–Crippen MR) is 109 cm³/mol. The summed E-state index contributed by atoms with van der Waals surface area (Å²) in [5.41, 5.74) is 2.32. The molecule has 0 aliphatic carbocycles. The van der Waals surface area contributed by atoms with Crippen LogP contribution in [0.15, 0.2) is 77.0 Å². The third kappa shape index (κ3) is 3.92. The summed E-state index contributed by atoms with van der Waals surface area (Å²) in [6, 6.07) is 20.4. The number of hydrogen-bond donors (Lipinski definition) is 0. The molecule has 0 bridgehead atoms. The quantitative estimate of drug-likeness (QED) is 0.446. The Bertz CT molecular complexity index is 1040. The van der Waals surface area contributed by atoms with Crippen LogP contribution in [0.5, 0.6) is 11.5 Å². The third-order valence-corrected chi connectivity index (χ3v) is 5.06. The van der Waals surface area contributed by atoms with Crippen molar-refractivity contribution < 1.29 is 14.3 Å². The molecule has 0 atom stereocenters. The lowest BCUT2D eigenvalue weighted by Crippen LogP contribution is -1.98. The molecular weight excluding hydrogens is 428 g/mol. The van der Waals surface area contributed by atoms with Gasteiger partial charge in [0.15, 0.2) is 5.76 Å². The standard InChI is InChI=1S/C22H14BrClO3/c23-16-7-5-14(6-8-16)11-21-22(25)18-10-9-17(12-20(18)27-21)26-13-15-3-1-2-4-19(15)24/h1-12H,13H2. The molecule has 5 heteroatoms. The van der Waals surface area contributed by atoms with Gasteiger partial charge in [0.1, 0.15) is 18.1 Å². The number of allylic oxidation sites excluding steroid dienone is 1. The highest BCUT2D eigenvalue weighted by atomic mass is 79.9. The molecule has 134 valence electrons. The number of ether oxygens (including phenoxy) is 2. The number of rotatable bonds is 4. The van der Waals surface area contributed by atoms with Crippen LogP contribution in [0.2, 0.25) is 5.02 Å². The summed E-state index contributed by atoms with van der Waals surface area (Å²) in [5.74, 6) is 1.28. The lowest BCUT2D eigenvalue weighted by molar-refractivity contribution is 0.101. The summed E-state index contributed by atoms with van der Waals surface area (Å²) >= 11 is 9.55. The van der Waals surface area contributed by atoms with Crippen LogP contribution in [0.3, 0.4) is 0 Å². The van der Waals surface area contributed by atoms with Crippen LogP contribution in [-0.2, 0) is 6.61 Å². The lowest BCUT2D eigenvalue weighted by Gasteiger charge is -2.08. The van der Waals surface area contributed by atoms with Crippen molar-refractivity contribution in [3.8, 4) is 11.5 Å². The van der Waals surface area contributed by atoms with Crippen LogP contribution in [-0.4, -0.2) is 5.78 Å². The first-order valence-corrected chi connectivity index (χ1v) is 9.47. The molecule has 1 heterocycles. The molecule has 3 aromatic carbocycles. The molecule has 0 aromatic heterocycles. The second kappa shape index (κ2) is 7.59. The van der Waals surface area contributed by atoms with Gasteiger partial charge in [-0.05, 0) is 42.0 Å². The van der Waals surface area contributed by atoms with Crippen molar-refractivity contribution in [2.75, 3.05) is 0 Å². The summed E-state index contributed by atoms with van der Waals surface area (Å²) in [5, 5.41) is 0.657. The Morgan fingerprint density at radius 2 is 1.81 bits per heavy atom. The van der Waals surface area contributed by atoms with E-state index in [0.29, 0.717) is 34.5 Å². The fraction of sp³-hybridized carbons (Fsp3) is 0.0455. The Kier molecular flexibility index (Phi) is 5.01. The smallest absolute Gasteiger partial charge is 0.231 e. The number of benzene rings is 3. The molecule has 3 nitrogen and oxygen atoms in total. The summed E-state index contributed by atoms with van der Waals surface area (Å²) in [7, 11) is 0. The van der Waals surface area contributed by atoms with Crippen molar-refractivity contribution in [1.29, 1.82) is 0 Å². The van der Waals surface area contributed by atoms with Crippen molar-refractivity contribution in [2.45, 2.75) is 6.61 Å². The average molecular weight is 442 g/mol. The van der Waals surface area contributed by atoms with Gasteiger partial charge in [-0.15, -0.1) is 0 Å². The number of halogens is 2. The molecule has 0 saturated carbocycles. The number of carbonyl (C=O) groups is 1. The molecule has 0 N–H and O–H groups in total. The first-order valence-electron chi connectivity index (χ1n) is 8.30. The Morgan fingerprint density at radius 1 is 1.04 bits per heavy atom. The fourth-order valence-corrected chi connectivity index (χ4v) is 3.20. The van der Waals surface area contributed by atoms with E-state index in [1.54, 1.807) is 24.3 Å². The summed E-state index contributed by atoms with van der Waals surface area (Å²) in [6.07, 6.45) is 1.74. The van der Waals surface area contributed by atoms with Gasteiger partial charge in [-0.2, -0.15) is 0 Å². The van der Waals surface area contributed by atoms with Crippen LogP contribution < -0.4 is 9.47 Å². The number of fused-ring (bicyclic) bond motifs is 1. The van der Waals surface area contributed by atoms with Crippen LogP contribution in [0, 0.1) is 0 Å². The molecule has 0 amide bonds. The Hall–Kier alpha value is -2.56. The second-order valence-electron chi connectivity index (χ2n) is 6.03. The van der Waals surface area contributed by atoms with Crippen LogP contribution in [0.25, 0.3) is 6.08 Å². The highest BCUT2D eigenvalue weighted by Gasteiger charge is 2.27. The summed E-state index contributed by atoms with van der Waals surface area (Å²) in [6.45, 7) is 0.341. The van der Waals surface area contributed by atoms with Gasteiger partial charge in [0, 0.05) is 21.1 Å². The zero-order valence-electron chi connectivity index (χ0n) is 14.1. The lowest BCUT2D eigenvalue weighted by atomic mass is 10.1. The highest BCUT2D eigenvalue weighted by molar-refractivity contribution is 9.10. The first kappa shape index (κ1) is 17.8. The predicted octanol–water partition coefficient (Wildman–Crippen LogP) is 6.30. The molecule has 27 heavy (non-hydrogen) atoms. The molecular formula is C22H14BrClO3. The number of hydrogen-bond acceptors (Lipinski definition) is 3. The van der Waals surface area contributed by atoms with Gasteiger partial charge in [0.25, 0.3) is 0 Å². The molecule has 0 radical (unpaired) electrons. The average Bonchev–Trinajstić information content (AvgIpc) is 2.98. The van der Waals surface area contributed by atoms with E-state index in [2.05, 4.69) is 15.9 Å². The molecule has 0 spiro atoms. The first-order chi connectivity index (χ1) is 13.1. The topological polar surface area (TPSA) is 35.5 Å². The van der Waals surface area contributed by atoms with E-state index in [1.165, 1.54) is 0 Å². The van der Waals surface area contributed by atoms with Gasteiger partial charge >= 0.3 is 0 Å². The van der Waals surface area contributed by atoms with Crippen molar-refractivity contribution in [2.24, 2.45) is 0 Å². The number of Topliss-reactive ketones (excluding diaryl/α,β-unsaturated/α-hetero) is 1. The van der Waals surface area contributed by atoms with E-state index in [9.17, 15) is 4.79 Å². The Balaban J connectivity index is 1.52. The van der Waals surface area contributed by atoms with Crippen LogP contribution >= 0.6 is 27.5 Å². The van der Waals surface area contributed by atoms with Gasteiger partial charge < -0.3 is 9.47 Å². The summed E-state index contributed by atoms with van der Waals surface area (Å²) in [4.78, 5) is 12.5. The van der Waals surface area contributed by atoms with E-state index in [4.69, 9.17) is 21.1 Å². The zero-order chi connectivity index (χ0) is 18.8. The maximum absolute atomic E-state index is 12.5. The second-order valence-corrected chi connectivity index (χ2v) is 7.35. The molecule has 4 rings (SSSR count). The van der Waals surface area contributed by atoms with Gasteiger partial charge in [0.05, 0.1) is 5.56 Å². The molecule has 0 saturated heterocycles. The summed E-state index contributed by atoms with van der Waals surface area (Å²) < 4.78 is 12.5. The van der Waals surface area contributed by atoms with E-state index >= 15 is 0 Å². The molecule has 1 aliphatic rings. The van der Waals surface area contributed by atoms with E-state index in [-0.39, 0.29) is 5.78 Å². The maximum Gasteiger partial charge on any atom is 0.231 e. The highest BCUT2D eigenvalue weighted by Crippen LogP contribution is 2.35. The van der Waals surface area contributed by atoms with Crippen molar-refractivity contribution >= 4 is 39.4 Å². The fourth-order valence-electron chi connectivity index (χ4n) is 2.74. The minimum absolute atomic E-state index is 0.134. The SMILES string of the molecule is O=C1C(=Cc2ccc(Br)cc2)Oc2cc(OCc3ccccc3Cl)ccc21. The molecule has 3 aromatic rings. The van der Waals surface area contributed by atoms with E-state index in [0.717, 1.165) is 15.6 Å². The Morgan fingerprint density at radius 3 is 2.59 bits per heavy atom. The minimum Gasteiger partial charge on any atom is -0.489 e. The van der Waals surface area contributed by atoms with Gasteiger partial charge in [-0.1, -0.05) is 57.9 Å². The van der Waals surface area contributed by atoms with Gasteiger partial charge in [-0.25, -0.2) is 0 Å². The van der Waals surface area contributed by atoms with Gasteiger partial charge in [-0.3, -0.25) is 4.79 Å². The normalized spacial score (nSPS) is 14.1. The van der Waals surface area contributed by atoms with Crippen molar-refractivity contribution in [3.63, 3.8) is 0 Å². The monoisotopic (exact) mass is 440 g/mol. The minimum atomic E-state index is -0.134. The number of ketones is 1. The van der Waals surface area contributed by atoms with Gasteiger partial charge in [0.2, 0.25) is 5.78 Å². The third-order valence-electron chi connectivity index (χ3n) is 4.16. The zero-order valence-corrected chi connectivity index (χ0v) is 16.5. The molecule has 0 fully saturated rings.